The van der Waals surface area contributed by atoms with Crippen molar-refractivity contribution in [1.82, 2.24) is 4.90 Å². The molecule has 1 heterocycles. The monoisotopic (exact) mass is 383 g/mol. The average Bonchev–Trinajstić information content (AvgIpc) is 2.64. The van der Waals surface area contributed by atoms with Crippen molar-refractivity contribution in [3.8, 4) is 0 Å². The van der Waals surface area contributed by atoms with Crippen LogP contribution in [0.25, 0.3) is 0 Å². The van der Waals surface area contributed by atoms with Gasteiger partial charge in [-0.1, -0.05) is 0 Å². The van der Waals surface area contributed by atoms with Gasteiger partial charge in [-0.05, 0) is 55.3 Å². The van der Waals surface area contributed by atoms with Crippen LogP contribution in [-0.2, 0) is 9.84 Å². The van der Waals surface area contributed by atoms with Crippen LogP contribution in [-0.4, -0.2) is 37.6 Å². The Morgan fingerprint density at radius 2 is 1.54 bits per heavy atom. The van der Waals surface area contributed by atoms with Crippen LogP contribution < -0.4 is 0 Å². The maximum absolute atomic E-state index is 13.3. The molecule has 3 rings (SSSR count). The molecule has 0 atom stereocenters. The van der Waals surface area contributed by atoms with Crippen LogP contribution in [0.2, 0.25) is 0 Å². The molecule has 1 amide bonds. The van der Waals surface area contributed by atoms with Gasteiger partial charge in [0, 0.05) is 18.7 Å². The molecular weight excluding hydrogens is 367 g/mol. The highest BCUT2D eigenvalue weighted by Crippen LogP contribution is 2.25. The van der Waals surface area contributed by atoms with Gasteiger partial charge in [-0.25, -0.2) is 21.6 Å². The number of likely N-dealkylation sites (tertiary alicyclic amines) is 1. The second-order valence-electron chi connectivity index (χ2n) is 6.12. The largest absolute Gasteiger partial charge is 0.339 e. The fourth-order valence-corrected chi connectivity index (χ4v) is 4.73. The molecule has 1 aliphatic heterocycles. The number of sulfone groups is 1. The van der Waals surface area contributed by atoms with Crippen LogP contribution >= 0.6 is 0 Å². The molecule has 4 nitrogen and oxygen atoms in total. The molecular formula is C18H16F3NO3S. The van der Waals surface area contributed by atoms with E-state index in [4.69, 9.17) is 0 Å². The van der Waals surface area contributed by atoms with Gasteiger partial charge in [-0.2, -0.15) is 0 Å². The number of halogens is 3. The minimum absolute atomic E-state index is 0.0174. The number of piperidine rings is 1. The summed E-state index contributed by atoms with van der Waals surface area (Å²) in [4.78, 5) is 13.8. The SMILES string of the molecule is O=C(c1ccc(F)c(F)c1)N1CCC(S(=O)(=O)c2ccc(F)cc2)CC1. The van der Waals surface area contributed by atoms with Crippen molar-refractivity contribution in [2.45, 2.75) is 23.0 Å². The third kappa shape index (κ3) is 3.60. The van der Waals surface area contributed by atoms with Crippen LogP contribution in [0.4, 0.5) is 13.2 Å². The topological polar surface area (TPSA) is 54.5 Å². The lowest BCUT2D eigenvalue weighted by Gasteiger charge is -2.31. The fourth-order valence-electron chi connectivity index (χ4n) is 3.00. The maximum atomic E-state index is 13.3. The molecule has 0 saturated carbocycles. The Morgan fingerprint density at radius 3 is 2.12 bits per heavy atom. The van der Waals surface area contributed by atoms with Crippen molar-refractivity contribution < 1.29 is 26.4 Å². The van der Waals surface area contributed by atoms with Crippen molar-refractivity contribution >= 4 is 15.7 Å². The third-order valence-electron chi connectivity index (χ3n) is 4.48. The molecule has 1 saturated heterocycles. The lowest BCUT2D eigenvalue weighted by Crippen LogP contribution is -2.42. The fraction of sp³-hybridized carbons (Fsp3) is 0.278. The summed E-state index contributed by atoms with van der Waals surface area (Å²) in [6.45, 7) is 0.367. The Morgan fingerprint density at radius 1 is 0.923 bits per heavy atom. The Hall–Kier alpha value is -2.35. The molecule has 0 aromatic heterocycles. The lowest BCUT2D eigenvalue weighted by molar-refractivity contribution is 0.0725. The third-order valence-corrected chi connectivity index (χ3v) is 6.76. The van der Waals surface area contributed by atoms with Crippen LogP contribution in [0, 0.1) is 17.5 Å². The van der Waals surface area contributed by atoms with Crippen LogP contribution in [0.15, 0.2) is 47.4 Å². The second-order valence-corrected chi connectivity index (χ2v) is 8.35. The van der Waals surface area contributed by atoms with Gasteiger partial charge in [0.05, 0.1) is 10.1 Å². The Labute approximate surface area is 149 Å². The first-order chi connectivity index (χ1) is 12.3. The number of benzene rings is 2. The van der Waals surface area contributed by atoms with Crippen molar-refractivity contribution in [2.24, 2.45) is 0 Å². The maximum Gasteiger partial charge on any atom is 0.253 e. The number of carbonyl (C=O) groups is 1. The van der Waals surface area contributed by atoms with Gasteiger partial charge in [0.15, 0.2) is 21.5 Å². The highest BCUT2D eigenvalue weighted by atomic mass is 32.2. The number of hydrogen-bond donors (Lipinski definition) is 0. The quantitative estimate of drug-likeness (QED) is 0.765. The molecule has 0 spiro atoms. The van der Waals surface area contributed by atoms with E-state index in [0.717, 1.165) is 24.3 Å². The number of rotatable bonds is 3. The summed E-state index contributed by atoms with van der Waals surface area (Å²) in [7, 11) is -3.62. The lowest BCUT2D eigenvalue weighted by atomic mass is 10.1. The molecule has 2 aromatic carbocycles. The Balaban J connectivity index is 1.69. The molecule has 0 unspecified atom stereocenters. The minimum Gasteiger partial charge on any atom is -0.339 e. The number of hydrogen-bond acceptors (Lipinski definition) is 3. The van der Waals surface area contributed by atoms with Crippen LogP contribution in [0.3, 0.4) is 0 Å². The zero-order valence-corrected chi connectivity index (χ0v) is 14.5. The Kier molecular flexibility index (Phi) is 5.04. The highest BCUT2D eigenvalue weighted by Gasteiger charge is 2.33. The molecule has 0 aliphatic carbocycles. The first kappa shape index (κ1) is 18.4. The zero-order chi connectivity index (χ0) is 18.9. The predicted octanol–water partition coefficient (Wildman–Crippen LogP) is 3.18. The summed E-state index contributed by atoms with van der Waals surface area (Å²) in [6, 6.07) is 7.55. The standard InChI is InChI=1S/C18H16F3NO3S/c19-13-2-4-14(5-3-13)26(24,25)15-7-9-22(10-8-15)18(23)12-1-6-16(20)17(21)11-12/h1-6,11,15H,7-10H2. The van der Waals surface area contributed by atoms with E-state index in [0.29, 0.717) is 0 Å². The normalized spacial score (nSPS) is 15.9. The van der Waals surface area contributed by atoms with E-state index in [1.54, 1.807) is 0 Å². The highest BCUT2D eigenvalue weighted by molar-refractivity contribution is 7.92. The number of amides is 1. The molecule has 0 radical (unpaired) electrons. The van der Waals surface area contributed by atoms with E-state index < -0.39 is 38.4 Å². The van der Waals surface area contributed by atoms with Gasteiger partial charge in [0.25, 0.3) is 5.91 Å². The van der Waals surface area contributed by atoms with E-state index in [-0.39, 0.29) is 36.4 Å². The van der Waals surface area contributed by atoms with Crippen molar-refractivity contribution in [2.75, 3.05) is 13.1 Å². The summed E-state index contributed by atoms with van der Waals surface area (Å²) >= 11 is 0. The smallest absolute Gasteiger partial charge is 0.253 e. The first-order valence-electron chi connectivity index (χ1n) is 8.03. The van der Waals surface area contributed by atoms with Crippen molar-refractivity contribution in [3.05, 3.63) is 65.5 Å². The summed E-state index contributed by atoms with van der Waals surface area (Å²) < 4.78 is 64.5. The van der Waals surface area contributed by atoms with E-state index >= 15 is 0 Å². The van der Waals surface area contributed by atoms with Gasteiger partial charge in [-0.15, -0.1) is 0 Å². The van der Waals surface area contributed by atoms with E-state index in [1.165, 1.54) is 23.1 Å². The van der Waals surface area contributed by atoms with E-state index in [9.17, 15) is 26.4 Å². The number of carbonyl (C=O) groups excluding carboxylic acids is 1. The van der Waals surface area contributed by atoms with Crippen molar-refractivity contribution in [1.29, 1.82) is 0 Å². The second kappa shape index (κ2) is 7.11. The Bertz CT molecular complexity index is 921. The van der Waals surface area contributed by atoms with Gasteiger partial charge in [-0.3, -0.25) is 4.79 Å². The molecule has 1 fully saturated rings. The summed E-state index contributed by atoms with van der Waals surface area (Å²) in [5.74, 6) is -3.13. The van der Waals surface area contributed by atoms with Gasteiger partial charge >= 0.3 is 0 Å². The summed E-state index contributed by atoms with van der Waals surface area (Å²) in [5.41, 5.74) is 0.0174. The van der Waals surface area contributed by atoms with E-state index in [1.807, 2.05) is 0 Å². The van der Waals surface area contributed by atoms with E-state index in [2.05, 4.69) is 0 Å². The minimum atomic E-state index is -3.62. The van der Waals surface area contributed by atoms with Gasteiger partial charge in [0.1, 0.15) is 5.82 Å². The molecule has 26 heavy (non-hydrogen) atoms. The number of nitrogens with zero attached hydrogens (tertiary/aromatic N) is 1. The zero-order valence-electron chi connectivity index (χ0n) is 13.7. The first-order valence-corrected chi connectivity index (χ1v) is 9.57. The molecule has 2 aromatic rings. The van der Waals surface area contributed by atoms with Gasteiger partial charge in [0.2, 0.25) is 0 Å². The molecule has 8 heteroatoms. The summed E-state index contributed by atoms with van der Waals surface area (Å²) in [6.07, 6.45) is 0.435. The molecule has 1 aliphatic rings. The van der Waals surface area contributed by atoms with Crippen LogP contribution in [0.5, 0.6) is 0 Å². The van der Waals surface area contributed by atoms with Crippen LogP contribution in [0.1, 0.15) is 23.2 Å². The molecule has 0 N–H and O–H groups in total. The predicted molar refractivity (Wildman–Crippen MR) is 88.9 cm³/mol. The average molecular weight is 383 g/mol. The summed E-state index contributed by atoms with van der Waals surface area (Å²) in [5, 5.41) is -0.679. The molecule has 0 bridgehead atoms. The van der Waals surface area contributed by atoms with Crippen molar-refractivity contribution in [3.63, 3.8) is 0 Å². The molecule has 138 valence electrons. The van der Waals surface area contributed by atoms with Gasteiger partial charge < -0.3 is 4.90 Å².